The standard InChI is InChI=1S/C12H7Br2FN2O2/c13-6-1-2-8(14)9(5-6)17-11-10(15)7(12(18)19)3-4-16-11/h1-5H,(H,16,17)(H,18,19). The summed E-state index contributed by atoms with van der Waals surface area (Å²) in [5.41, 5.74) is 0.145. The molecule has 2 aromatic rings. The van der Waals surface area contributed by atoms with Crippen LogP contribution in [0.4, 0.5) is 15.9 Å². The molecule has 0 aliphatic heterocycles. The Bertz CT molecular complexity index is 650. The van der Waals surface area contributed by atoms with Crippen molar-refractivity contribution < 1.29 is 14.3 Å². The number of aromatic nitrogens is 1. The molecule has 0 atom stereocenters. The number of carbonyl (C=O) groups is 1. The van der Waals surface area contributed by atoms with Gasteiger partial charge in [0.1, 0.15) is 5.56 Å². The Hall–Kier alpha value is -1.47. The van der Waals surface area contributed by atoms with E-state index in [0.29, 0.717) is 10.2 Å². The Kier molecular flexibility index (Phi) is 4.16. The van der Waals surface area contributed by atoms with E-state index in [1.165, 1.54) is 6.20 Å². The van der Waals surface area contributed by atoms with Gasteiger partial charge < -0.3 is 10.4 Å². The zero-order valence-electron chi connectivity index (χ0n) is 9.32. The number of rotatable bonds is 3. The largest absolute Gasteiger partial charge is 0.478 e. The molecule has 0 saturated carbocycles. The van der Waals surface area contributed by atoms with Crippen molar-refractivity contribution in [2.45, 2.75) is 0 Å². The molecule has 2 N–H and O–H groups in total. The molecule has 0 radical (unpaired) electrons. The second kappa shape index (κ2) is 5.66. The summed E-state index contributed by atoms with van der Waals surface area (Å²) in [6.45, 7) is 0. The molecule has 2 rings (SSSR count). The smallest absolute Gasteiger partial charge is 0.338 e. The van der Waals surface area contributed by atoms with Crippen LogP contribution in [0.2, 0.25) is 0 Å². The van der Waals surface area contributed by atoms with E-state index in [9.17, 15) is 9.18 Å². The van der Waals surface area contributed by atoms with Gasteiger partial charge in [-0.3, -0.25) is 0 Å². The Morgan fingerprint density at radius 2 is 2.05 bits per heavy atom. The number of pyridine rings is 1. The molecule has 0 spiro atoms. The summed E-state index contributed by atoms with van der Waals surface area (Å²) in [5, 5.41) is 11.6. The van der Waals surface area contributed by atoms with Gasteiger partial charge in [-0.1, -0.05) is 15.9 Å². The van der Waals surface area contributed by atoms with Crippen LogP contribution < -0.4 is 5.32 Å². The molecule has 0 amide bonds. The Morgan fingerprint density at radius 1 is 1.32 bits per heavy atom. The number of hydrogen-bond acceptors (Lipinski definition) is 3. The summed E-state index contributed by atoms with van der Waals surface area (Å²) in [6.07, 6.45) is 1.24. The number of anilines is 2. The van der Waals surface area contributed by atoms with Crippen LogP contribution in [0.15, 0.2) is 39.4 Å². The molecular formula is C12H7Br2FN2O2. The van der Waals surface area contributed by atoms with Crippen LogP contribution in [0.3, 0.4) is 0 Å². The highest BCUT2D eigenvalue weighted by Crippen LogP contribution is 2.29. The number of aromatic carboxylic acids is 1. The van der Waals surface area contributed by atoms with Crippen LogP contribution in [0.25, 0.3) is 0 Å². The van der Waals surface area contributed by atoms with Crippen molar-refractivity contribution in [3.8, 4) is 0 Å². The van der Waals surface area contributed by atoms with Crippen LogP contribution in [-0.2, 0) is 0 Å². The minimum absolute atomic E-state index is 0.140. The second-order valence-electron chi connectivity index (χ2n) is 3.58. The molecular weight excluding hydrogens is 383 g/mol. The summed E-state index contributed by atoms with van der Waals surface area (Å²) in [5.74, 6) is -2.38. The summed E-state index contributed by atoms with van der Waals surface area (Å²) in [6, 6.07) is 6.41. The molecule has 98 valence electrons. The van der Waals surface area contributed by atoms with Crippen LogP contribution in [0.5, 0.6) is 0 Å². The van der Waals surface area contributed by atoms with E-state index < -0.39 is 17.3 Å². The lowest BCUT2D eigenvalue weighted by Crippen LogP contribution is -2.05. The first kappa shape index (κ1) is 14.0. The quantitative estimate of drug-likeness (QED) is 0.826. The number of carboxylic acid groups (broad SMARTS) is 1. The molecule has 0 aliphatic carbocycles. The Morgan fingerprint density at radius 3 is 2.74 bits per heavy atom. The van der Waals surface area contributed by atoms with Gasteiger partial charge in [0.05, 0.1) is 5.69 Å². The molecule has 0 bridgehead atoms. The van der Waals surface area contributed by atoms with Crippen molar-refractivity contribution in [2.24, 2.45) is 0 Å². The fourth-order valence-electron chi connectivity index (χ4n) is 1.42. The highest BCUT2D eigenvalue weighted by Gasteiger charge is 2.15. The van der Waals surface area contributed by atoms with Crippen molar-refractivity contribution >= 4 is 49.3 Å². The second-order valence-corrected chi connectivity index (χ2v) is 5.35. The minimum Gasteiger partial charge on any atom is -0.478 e. The lowest BCUT2D eigenvalue weighted by molar-refractivity contribution is 0.0692. The highest BCUT2D eigenvalue weighted by molar-refractivity contribution is 9.11. The molecule has 1 aromatic carbocycles. The third-order valence-electron chi connectivity index (χ3n) is 2.30. The average molecular weight is 390 g/mol. The molecule has 4 nitrogen and oxygen atoms in total. The number of benzene rings is 1. The topological polar surface area (TPSA) is 62.2 Å². The normalized spacial score (nSPS) is 10.3. The Labute approximate surface area is 124 Å². The summed E-state index contributed by atoms with van der Waals surface area (Å²) < 4.78 is 15.4. The van der Waals surface area contributed by atoms with Gasteiger partial charge in [-0.2, -0.15) is 0 Å². The summed E-state index contributed by atoms with van der Waals surface area (Å²) in [7, 11) is 0. The van der Waals surface area contributed by atoms with Gasteiger partial charge in [-0.05, 0) is 40.2 Å². The van der Waals surface area contributed by atoms with Crippen LogP contribution in [0.1, 0.15) is 10.4 Å². The minimum atomic E-state index is -1.34. The lowest BCUT2D eigenvalue weighted by Gasteiger charge is -2.10. The maximum absolute atomic E-state index is 13.9. The lowest BCUT2D eigenvalue weighted by atomic mass is 10.2. The molecule has 0 unspecified atom stereocenters. The molecule has 0 saturated heterocycles. The predicted octanol–water partition coefficient (Wildman–Crippen LogP) is 4.19. The van der Waals surface area contributed by atoms with E-state index in [-0.39, 0.29) is 5.82 Å². The first-order valence-electron chi connectivity index (χ1n) is 5.09. The third-order valence-corrected chi connectivity index (χ3v) is 3.49. The van der Waals surface area contributed by atoms with Gasteiger partial charge >= 0.3 is 5.97 Å². The molecule has 1 aromatic heterocycles. The molecule has 0 aliphatic rings. The van der Waals surface area contributed by atoms with E-state index in [0.717, 1.165) is 10.5 Å². The summed E-state index contributed by atoms with van der Waals surface area (Å²) in [4.78, 5) is 14.6. The van der Waals surface area contributed by atoms with Crippen molar-refractivity contribution in [3.05, 3.63) is 50.8 Å². The fourth-order valence-corrected chi connectivity index (χ4v) is 2.12. The van der Waals surface area contributed by atoms with Gasteiger partial charge in [0.15, 0.2) is 11.6 Å². The van der Waals surface area contributed by atoms with Crippen molar-refractivity contribution in [2.75, 3.05) is 5.32 Å². The van der Waals surface area contributed by atoms with E-state index in [2.05, 4.69) is 42.2 Å². The zero-order valence-corrected chi connectivity index (χ0v) is 12.5. The van der Waals surface area contributed by atoms with Crippen molar-refractivity contribution in [3.63, 3.8) is 0 Å². The molecule has 0 fully saturated rings. The SMILES string of the molecule is O=C(O)c1ccnc(Nc2cc(Br)ccc2Br)c1F. The monoisotopic (exact) mass is 388 g/mol. The van der Waals surface area contributed by atoms with E-state index >= 15 is 0 Å². The highest BCUT2D eigenvalue weighted by atomic mass is 79.9. The third kappa shape index (κ3) is 3.10. The van der Waals surface area contributed by atoms with E-state index in [1.807, 2.05) is 6.07 Å². The van der Waals surface area contributed by atoms with Crippen LogP contribution in [0, 0.1) is 5.82 Å². The molecule has 7 heteroatoms. The number of nitrogens with zero attached hydrogens (tertiary/aromatic N) is 1. The number of halogens is 3. The Balaban J connectivity index is 2.41. The first-order valence-corrected chi connectivity index (χ1v) is 6.67. The van der Waals surface area contributed by atoms with Gasteiger partial charge in [-0.15, -0.1) is 0 Å². The van der Waals surface area contributed by atoms with Gasteiger partial charge in [-0.25, -0.2) is 14.2 Å². The van der Waals surface area contributed by atoms with E-state index in [4.69, 9.17) is 5.11 Å². The van der Waals surface area contributed by atoms with Crippen molar-refractivity contribution in [1.29, 1.82) is 0 Å². The zero-order chi connectivity index (χ0) is 14.0. The molecule has 19 heavy (non-hydrogen) atoms. The van der Waals surface area contributed by atoms with E-state index in [1.54, 1.807) is 12.1 Å². The average Bonchev–Trinajstić information content (AvgIpc) is 2.36. The molecule has 1 heterocycles. The first-order chi connectivity index (χ1) is 8.99. The maximum Gasteiger partial charge on any atom is 0.338 e. The predicted molar refractivity (Wildman–Crippen MR) is 76.3 cm³/mol. The maximum atomic E-state index is 13.9. The van der Waals surface area contributed by atoms with Gasteiger partial charge in [0, 0.05) is 15.1 Å². The number of carboxylic acids is 1. The van der Waals surface area contributed by atoms with Gasteiger partial charge in [0.25, 0.3) is 0 Å². The van der Waals surface area contributed by atoms with Crippen LogP contribution in [-0.4, -0.2) is 16.1 Å². The summed E-state index contributed by atoms with van der Waals surface area (Å²) >= 11 is 6.61. The van der Waals surface area contributed by atoms with Gasteiger partial charge in [0.2, 0.25) is 0 Å². The fraction of sp³-hybridized carbons (Fsp3) is 0. The van der Waals surface area contributed by atoms with Crippen LogP contribution >= 0.6 is 31.9 Å². The van der Waals surface area contributed by atoms with Crippen molar-refractivity contribution in [1.82, 2.24) is 4.98 Å². The number of nitrogens with one attached hydrogen (secondary N) is 1. The number of hydrogen-bond donors (Lipinski definition) is 2.